The molecule has 0 atom stereocenters. The van der Waals surface area contributed by atoms with E-state index in [2.05, 4.69) is 5.10 Å². The molecule has 0 amide bonds. The van der Waals surface area contributed by atoms with Gasteiger partial charge >= 0.3 is 5.97 Å². The topological polar surface area (TPSA) is 55.1 Å². The largest absolute Gasteiger partial charge is 0.478 e. The van der Waals surface area contributed by atoms with Gasteiger partial charge in [-0.3, -0.25) is 0 Å². The van der Waals surface area contributed by atoms with Gasteiger partial charge in [0, 0.05) is 0 Å². The molecule has 106 valence electrons. The van der Waals surface area contributed by atoms with Gasteiger partial charge in [-0.2, -0.15) is 5.10 Å². The number of benzene rings is 1. The number of hydrogen-bond acceptors (Lipinski definition) is 2. The Morgan fingerprint density at radius 2 is 2.10 bits per heavy atom. The normalized spacial score (nSPS) is 10.8. The smallest absolute Gasteiger partial charge is 0.340 e. The minimum atomic E-state index is -1.03. The molecule has 0 saturated carbocycles. The molecule has 2 aromatic rings. The number of aryl methyl sites for hydroxylation is 3. The summed E-state index contributed by atoms with van der Waals surface area (Å²) < 4.78 is 1.53. The first-order valence-electron chi connectivity index (χ1n) is 6.54. The SMILES string of the molecule is CCCc1nn(-c2cc(C)ccc2C)c(Cl)c1C(=O)O. The minimum absolute atomic E-state index is 0.106. The fraction of sp³-hybridized carbons (Fsp3) is 0.333. The van der Waals surface area contributed by atoms with Gasteiger partial charge in [0.2, 0.25) is 0 Å². The van der Waals surface area contributed by atoms with Crippen LogP contribution in [0.2, 0.25) is 5.15 Å². The van der Waals surface area contributed by atoms with Crippen LogP contribution < -0.4 is 0 Å². The van der Waals surface area contributed by atoms with Gasteiger partial charge in [0.15, 0.2) is 0 Å². The number of carboxylic acid groups (broad SMARTS) is 1. The lowest BCUT2D eigenvalue weighted by Crippen LogP contribution is -2.01. The van der Waals surface area contributed by atoms with Crippen molar-refractivity contribution < 1.29 is 9.90 Å². The lowest BCUT2D eigenvalue weighted by Gasteiger charge is -2.08. The van der Waals surface area contributed by atoms with Crippen molar-refractivity contribution in [3.05, 3.63) is 45.7 Å². The summed E-state index contributed by atoms with van der Waals surface area (Å²) in [6.45, 7) is 5.91. The van der Waals surface area contributed by atoms with Crippen molar-refractivity contribution in [3.63, 3.8) is 0 Å². The number of nitrogens with zero attached hydrogens (tertiary/aromatic N) is 2. The van der Waals surface area contributed by atoms with E-state index >= 15 is 0 Å². The molecule has 1 aromatic carbocycles. The van der Waals surface area contributed by atoms with Crippen LogP contribution in [0.15, 0.2) is 18.2 Å². The molecule has 0 radical (unpaired) electrons. The van der Waals surface area contributed by atoms with Crippen LogP contribution in [0.3, 0.4) is 0 Å². The lowest BCUT2D eigenvalue weighted by atomic mass is 10.1. The Morgan fingerprint density at radius 3 is 2.70 bits per heavy atom. The number of aromatic nitrogens is 2. The van der Waals surface area contributed by atoms with Crippen molar-refractivity contribution in [1.29, 1.82) is 0 Å². The predicted octanol–water partition coefficient (Wildman–Crippen LogP) is 3.79. The first-order chi connectivity index (χ1) is 9.45. The van der Waals surface area contributed by atoms with Gasteiger partial charge in [-0.25, -0.2) is 9.48 Å². The Kier molecular flexibility index (Phi) is 4.14. The molecule has 0 unspecified atom stereocenters. The van der Waals surface area contributed by atoms with Crippen LogP contribution in [0.25, 0.3) is 5.69 Å². The zero-order chi connectivity index (χ0) is 14.9. The van der Waals surface area contributed by atoms with Gasteiger partial charge in [-0.1, -0.05) is 37.1 Å². The molecule has 0 aliphatic heterocycles. The minimum Gasteiger partial charge on any atom is -0.478 e. The molecule has 0 aliphatic carbocycles. The molecule has 0 fully saturated rings. The molecule has 1 N–H and O–H groups in total. The van der Waals surface area contributed by atoms with Crippen LogP contribution in [0.4, 0.5) is 0 Å². The highest BCUT2D eigenvalue weighted by atomic mass is 35.5. The molecule has 0 spiro atoms. The molecule has 20 heavy (non-hydrogen) atoms. The van der Waals surface area contributed by atoms with Crippen LogP contribution in [-0.4, -0.2) is 20.9 Å². The Hall–Kier alpha value is -1.81. The fourth-order valence-electron chi connectivity index (χ4n) is 2.17. The Labute approximate surface area is 123 Å². The highest BCUT2D eigenvalue weighted by Crippen LogP contribution is 2.26. The van der Waals surface area contributed by atoms with E-state index < -0.39 is 5.97 Å². The zero-order valence-corrected chi connectivity index (χ0v) is 12.5. The van der Waals surface area contributed by atoms with Crippen molar-refractivity contribution >= 4 is 17.6 Å². The maximum Gasteiger partial charge on any atom is 0.340 e. The molecule has 4 nitrogen and oxygen atoms in total. The summed E-state index contributed by atoms with van der Waals surface area (Å²) in [7, 11) is 0. The average molecular weight is 293 g/mol. The average Bonchev–Trinajstić information content (AvgIpc) is 2.70. The van der Waals surface area contributed by atoms with Gasteiger partial charge in [0.25, 0.3) is 0 Å². The Balaban J connectivity index is 2.66. The third-order valence-corrected chi connectivity index (χ3v) is 3.54. The van der Waals surface area contributed by atoms with E-state index in [0.29, 0.717) is 12.1 Å². The number of aromatic carboxylic acids is 1. The quantitative estimate of drug-likeness (QED) is 0.932. The second-order valence-electron chi connectivity index (χ2n) is 4.87. The number of carbonyl (C=O) groups is 1. The molecule has 2 rings (SSSR count). The van der Waals surface area contributed by atoms with Gasteiger partial charge in [-0.15, -0.1) is 0 Å². The molecular weight excluding hydrogens is 276 g/mol. The van der Waals surface area contributed by atoms with Crippen molar-refractivity contribution in [1.82, 2.24) is 9.78 Å². The second-order valence-corrected chi connectivity index (χ2v) is 5.23. The van der Waals surface area contributed by atoms with Crippen molar-refractivity contribution in [3.8, 4) is 5.69 Å². The van der Waals surface area contributed by atoms with E-state index in [-0.39, 0.29) is 10.7 Å². The number of halogens is 1. The monoisotopic (exact) mass is 292 g/mol. The second kappa shape index (κ2) is 5.67. The maximum absolute atomic E-state index is 11.4. The number of rotatable bonds is 4. The van der Waals surface area contributed by atoms with Crippen molar-refractivity contribution in [2.24, 2.45) is 0 Å². The molecule has 1 aromatic heterocycles. The molecule has 5 heteroatoms. The van der Waals surface area contributed by atoms with Crippen LogP contribution in [0.5, 0.6) is 0 Å². The maximum atomic E-state index is 11.4. The molecular formula is C15H17ClN2O2. The van der Waals surface area contributed by atoms with Crippen LogP contribution in [0, 0.1) is 13.8 Å². The van der Waals surface area contributed by atoms with Crippen LogP contribution in [-0.2, 0) is 6.42 Å². The highest BCUT2D eigenvalue weighted by Gasteiger charge is 2.23. The van der Waals surface area contributed by atoms with Crippen LogP contribution >= 0.6 is 11.6 Å². The third-order valence-electron chi connectivity index (χ3n) is 3.20. The summed E-state index contributed by atoms with van der Waals surface area (Å²) in [6, 6.07) is 5.93. The summed E-state index contributed by atoms with van der Waals surface area (Å²) >= 11 is 6.24. The predicted molar refractivity (Wildman–Crippen MR) is 79.0 cm³/mol. The first kappa shape index (κ1) is 14.6. The van der Waals surface area contributed by atoms with E-state index in [1.807, 2.05) is 39.0 Å². The summed E-state index contributed by atoms with van der Waals surface area (Å²) in [4.78, 5) is 11.4. The summed E-state index contributed by atoms with van der Waals surface area (Å²) in [5.74, 6) is -1.03. The third kappa shape index (κ3) is 2.56. The van der Waals surface area contributed by atoms with E-state index in [4.69, 9.17) is 11.6 Å². The number of hydrogen-bond donors (Lipinski definition) is 1. The van der Waals surface area contributed by atoms with E-state index in [0.717, 1.165) is 23.2 Å². The van der Waals surface area contributed by atoms with E-state index in [9.17, 15) is 9.90 Å². The summed E-state index contributed by atoms with van der Waals surface area (Å²) in [5.41, 5.74) is 3.53. The lowest BCUT2D eigenvalue weighted by molar-refractivity contribution is 0.0696. The molecule has 0 saturated heterocycles. The standard InChI is InChI=1S/C15H17ClN2O2/c1-4-5-11-13(15(19)20)14(16)18(17-11)12-8-9(2)6-7-10(12)3/h6-8H,4-5H2,1-3H3,(H,19,20). The van der Waals surface area contributed by atoms with Gasteiger partial charge < -0.3 is 5.11 Å². The van der Waals surface area contributed by atoms with Crippen molar-refractivity contribution in [2.45, 2.75) is 33.6 Å². The highest BCUT2D eigenvalue weighted by molar-refractivity contribution is 6.33. The summed E-state index contributed by atoms with van der Waals surface area (Å²) in [6.07, 6.45) is 1.42. The molecule has 0 aliphatic rings. The first-order valence-corrected chi connectivity index (χ1v) is 6.91. The molecule has 1 heterocycles. The van der Waals surface area contributed by atoms with Crippen molar-refractivity contribution in [2.75, 3.05) is 0 Å². The molecule has 0 bridgehead atoms. The van der Waals surface area contributed by atoms with Gasteiger partial charge in [0.1, 0.15) is 10.7 Å². The van der Waals surface area contributed by atoms with Crippen LogP contribution in [0.1, 0.15) is 40.5 Å². The Bertz CT molecular complexity index is 662. The zero-order valence-electron chi connectivity index (χ0n) is 11.8. The van der Waals surface area contributed by atoms with E-state index in [1.165, 1.54) is 4.68 Å². The summed E-state index contributed by atoms with van der Waals surface area (Å²) in [5, 5.41) is 13.9. The number of carboxylic acids is 1. The Morgan fingerprint density at radius 1 is 1.40 bits per heavy atom. The van der Waals surface area contributed by atoms with E-state index in [1.54, 1.807) is 0 Å². The van der Waals surface area contributed by atoms with Gasteiger partial charge in [-0.05, 0) is 37.5 Å². The fourth-order valence-corrected chi connectivity index (χ4v) is 2.49. The van der Waals surface area contributed by atoms with Gasteiger partial charge in [0.05, 0.1) is 11.4 Å².